The third-order valence-corrected chi connectivity index (χ3v) is 5.24. The highest BCUT2D eigenvalue weighted by molar-refractivity contribution is 7.92. The summed E-state index contributed by atoms with van der Waals surface area (Å²) in [6.45, 7) is 5.80. The van der Waals surface area contributed by atoms with Crippen molar-refractivity contribution in [3.8, 4) is 11.4 Å². The molecule has 1 aromatic heterocycles. The van der Waals surface area contributed by atoms with E-state index in [-0.39, 0.29) is 4.90 Å². The van der Waals surface area contributed by atoms with Crippen molar-refractivity contribution in [2.45, 2.75) is 25.7 Å². The first-order valence-corrected chi connectivity index (χ1v) is 9.06. The molecule has 0 aliphatic heterocycles. The van der Waals surface area contributed by atoms with E-state index in [0.717, 1.165) is 28.3 Å². The van der Waals surface area contributed by atoms with E-state index in [1.807, 2.05) is 26.8 Å². The summed E-state index contributed by atoms with van der Waals surface area (Å²) in [5.41, 5.74) is 4.26. The van der Waals surface area contributed by atoms with Gasteiger partial charge in [-0.25, -0.2) is 13.4 Å². The lowest BCUT2D eigenvalue weighted by Gasteiger charge is -2.09. The van der Waals surface area contributed by atoms with Gasteiger partial charge in [-0.3, -0.25) is 4.72 Å². The van der Waals surface area contributed by atoms with Crippen molar-refractivity contribution in [3.63, 3.8) is 0 Å². The highest BCUT2D eigenvalue weighted by Crippen LogP contribution is 2.23. The average Bonchev–Trinajstić information content (AvgIpc) is 2.87. The second kappa shape index (κ2) is 6.13. The number of anilines is 1. The van der Waals surface area contributed by atoms with E-state index in [4.69, 9.17) is 0 Å². The first-order valence-electron chi connectivity index (χ1n) is 7.58. The fourth-order valence-corrected chi connectivity index (χ4v) is 3.40. The number of H-pyrrole nitrogens is 1. The number of benzene rings is 2. The Morgan fingerprint density at radius 1 is 1.00 bits per heavy atom. The molecule has 6 heteroatoms. The summed E-state index contributed by atoms with van der Waals surface area (Å²) in [5.74, 6) is 0.724. The van der Waals surface area contributed by atoms with Crippen molar-refractivity contribution in [2.75, 3.05) is 4.72 Å². The molecule has 3 aromatic rings. The molecule has 1 heterocycles. The Hall–Kier alpha value is -2.60. The lowest BCUT2D eigenvalue weighted by atomic mass is 10.2. The molecule has 0 aliphatic carbocycles. The predicted octanol–water partition coefficient (Wildman–Crippen LogP) is 3.80. The van der Waals surface area contributed by atoms with Gasteiger partial charge in [0.1, 0.15) is 5.82 Å². The summed E-state index contributed by atoms with van der Waals surface area (Å²) >= 11 is 0. The van der Waals surface area contributed by atoms with Crippen molar-refractivity contribution in [1.29, 1.82) is 0 Å². The second-order valence-electron chi connectivity index (χ2n) is 5.80. The van der Waals surface area contributed by atoms with Crippen LogP contribution in [0.3, 0.4) is 0 Å². The molecule has 0 saturated heterocycles. The molecule has 2 N–H and O–H groups in total. The van der Waals surface area contributed by atoms with Crippen molar-refractivity contribution < 1.29 is 8.42 Å². The molecule has 0 radical (unpaired) electrons. The van der Waals surface area contributed by atoms with Gasteiger partial charge in [0.25, 0.3) is 10.0 Å². The molecule has 2 aromatic carbocycles. The zero-order valence-corrected chi connectivity index (χ0v) is 14.6. The Bertz CT molecular complexity index is 954. The van der Waals surface area contributed by atoms with E-state index in [1.54, 1.807) is 42.5 Å². The molecule has 24 heavy (non-hydrogen) atoms. The predicted molar refractivity (Wildman–Crippen MR) is 95.5 cm³/mol. The summed E-state index contributed by atoms with van der Waals surface area (Å²) in [4.78, 5) is 7.89. The van der Waals surface area contributed by atoms with E-state index in [9.17, 15) is 8.42 Å². The van der Waals surface area contributed by atoms with Gasteiger partial charge in [0.05, 0.1) is 10.6 Å². The van der Waals surface area contributed by atoms with Crippen LogP contribution in [0.15, 0.2) is 53.4 Å². The SMILES string of the molecule is Cc1ccc(S(=O)(=O)Nc2cccc(-c3nc(C)c(C)[nH]3)c2)cc1. The number of sulfonamides is 1. The number of aryl methyl sites for hydroxylation is 3. The van der Waals surface area contributed by atoms with Crippen LogP contribution in [0.4, 0.5) is 5.69 Å². The zero-order valence-electron chi connectivity index (χ0n) is 13.8. The van der Waals surface area contributed by atoms with Crippen LogP contribution in [0.2, 0.25) is 0 Å². The minimum absolute atomic E-state index is 0.239. The smallest absolute Gasteiger partial charge is 0.261 e. The van der Waals surface area contributed by atoms with Gasteiger partial charge in [-0.2, -0.15) is 0 Å². The summed E-state index contributed by atoms with van der Waals surface area (Å²) in [6, 6.07) is 13.9. The fraction of sp³-hybridized carbons (Fsp3) is 0.167. The van der Waals surface area contributed by atoms with E-state index in [1.165, 1.54) is 0 Å². The summed E-state index contributed by atoms with van der Waals surface area (Å²) in [7, 11) is -3.61. The standard InChI is InChI=1S/C18H19N3O2S/c1-12-7-9-17(10-8-12)24(22,23)21-16-6-4-5-15(11-16)18-19-13(2)14(3)20-18/h4-11,21H,1-3H3,(H,19,20). The van der Waals surface area contributed by atoms with Gasteiger partial charge in [-0.1, -0.05) is 29.8 Å². The Balaban J connectivity index is 1.90. The first-order chi connectivity index (χ1) is 11.3. The monoisotopic (exact) mass is 341 g/mol. The van der Waals surface area contributed by atoms with E-state index >= 15 is 0 Å². The summed E-state index contributed by atoms with van der Waals surface area (Å²) in [6.07, 6.45) is 0. The summed E-state index contributed by atoms with van der Waals surface area (Å²) in [5, 5.41) is 0. The molecule has 0 bridgehead atoms. The van der Waals surface area contributed by atoms with Crippen molar-refractivity contribution in [1.82, 2.24) is 9.97 Å². The minimum Gasteiger partial charge on any atom is -0.342 e. The molecule has 0 amide bonds. The highest BCUT2D eigenvalue weighted by atomic mass is 32.2. The van der Waals surface area contributed by atoms with Crippen LogP contribution >= 0.6 is 0 Å². The normalized spacial score (nSPS) is 11.5. The Labute approximate surface area is 141 Å². The molecule has 0 atom stereocenters. The quantitative estimate of drug-likeness (QED) is 0.758. The van der Waals surface area contributed by atoms with Gasteiger partial charge in [0, 0.05) is 16.9 Å². The van der Waals surface area contributed by atoms with Gasteiger partial charge in [0.2, 0.25) is 0 Å². The number of nitrogens with zero attached hydrogens (tertiary/aromatic N) is 1. The maximum Gasteiger partial charge on any atom is 0.261 e. The van der Waals surface area contributed by atoms with Gasteiger partial charge in [0.15, 0.2) is 0 Å². The van der Waals surface area contributed by atoms with Crippen LogP contribution in [0.1, 0.15) is 17.0 Å². The van der Waals surface area contributed by atoms with Crippen LogP contribution in [0.5, 0.6) is 0 Å². The van der Waals surface area contributed by atoms with Crippen molar-refractivity contribution >= 4 is 15.7 Å². The molecule has 124 valence electrons. The number of imidazole rings is 1. The van der Waals surface area contributed by atoms with Crippen LogP contribution < -0.4 is 4.72 Å². The van der Waals surface area contributed by atoms with Crippen LogP contribution in [-0.4, -0.2) is 18.4 Å². The lowest BCUT2D eigenvalue weighted by Crippen LogP contribution is -2.12. The third-order valence-electron chi connectivity index (χ3n) is 3.85. The molecule has 0 unspecified atom stereocenters. The number of aromatic nitrogens is 2. The maximum atomic E-state index is 12.5. The van der Waals surface area contributed by atoms with E-state index in [2.05, 4.69) is 14.7 Å². The first kappa shape index (κ1) is 16.3. The number of aromatic amines is 1. The van der Waals surface area contributed by atoms with Gasteiger partial charge in [-0.05, 0) is 45.0 Å². The van der Waals surface area contributed by atoms with Crippen molar-refractivity contribution in [3.05, 3.63) is 65.5 Å². The van der Waals surface area contributed by atoms with Crippen molar-refractivity contribution in [2.24, 2.45) is 0 Å². The van der Waals surface area contributed by atoms with Gasteiger partial charge < -0.3 is 4.98 Å². The topological polar surface area (TPSA) is 74.8 Å². The molecule has 0 saturated carbocycles. The number of nitrogens with one attached hydrogen (secondary N) is 2. The molecular weight excluding hydrogens is 322 g/mol. The Morgan fingerprint density at radius 3 is 2.33 bits per heavy atom. The van der Waals surface area contributed by atoms with Crippen LogP contribution in [-0.2, 0) is 10.0 Å². The van der Waals surface area contributed by atoms with E-state index < -0.39 is 10.0 Å². The van der Waals surface area contributed by atoms with Crippen LogP contribution in [0.25, 0.3) is 11.4 Å². The van der Waals surface area contributed by atoms with Gasteiger partial charge in [-0.15, -0.1) is 0 Å². The maximum absolute atomic E-state index is 12.5. The molecule has 0 spiro atoms. The van der Waals surface area contributed by atoms with Gasteiger partial charge >= 0.3 is 0 Å². The number of rotatable bonds is 4. The van der Waals surface area contributed by atoms with Crippen LogP contribution in [0, 0.1) is 20.8 Å². The minimum atomic E-state index is -3.61. The molecule has 0 aliphatic rings. The number of hydrogen-bond donors (Lipinski definition) is 2. The summed E-state index contributed by atoms with van der Waals surface area (Å²) < 4.78 is 27.6. The third kappa shape index (κ3) is 3.33. The Morgan fingerprint density at radius 2 is 1.71 bits per heavy atom. The Kier molecular flexibility index (Phi) is 4.15. The molecule has 3 rings (SSSR count). The number of hydrogen-bond acceptors (Lipinski definition) is 3. The molecule has 0 fully saturated rings. The van der Waals surface area contributed by atoms with E-state index in [0.29, 0.717) is 5.69 Å². The lowest BCUT2D eigenvalue weighted by molar-refractivity contribution is 0.601. The highest BCUT2D eigenvalue weighted by Gasteiger charge is 2.14. The second-order valence-corrected chi connectivity index (χ2v) is 7.48. The molecule has 5 nitrogen and oxygen atoms in total. The largest absolute Gasteiger partial charge is 0.342 e. The zero-order chi connectivity index (χ0) is 17.3. The average molecular weight is 341 g/mol. The fourth-order valence-electron chi connectivity index (χ4n) is 2.35. The molecular formula is C18H19N3O2S.